The third-order valence-corrected chi connectivity index (χ3v) is 6.59. The van der Waals surface area contributed by atoms with E-state index >= 15 is 0 Å². The van der Waals surface area contributed by atoms with Crippen molar-refractivity contribution in [2.24, 2.45) is 0 Å². The number of benzene rings is 2. The molecule has 0 fully saturated rings. The van der Waals surface area contributed by atoms with E-state index < -0.39 is 5.41 Å². The summed E-state index contributed by atoms with van der Waals surface area (Å²) >= 11 is 0. The molecule has 4 heterocycles. The highest BCUT2D eigenvalue weighted by molar-refractivity contribution is 5.60. The summed E-state index contributed by atoms with van der Waals surface area (Å²) in [6.45, 7) is 4.32. The SMILES string of the molecule is CC(C)(c1cccc(-c2ccnn2-c2ccccc2)n1)c1cccc(-c2ccnn2-c2ccccc2)n1. The third kappa shape index (κ3) is 4.23. The van der Waals surface area contributed by atoms with Gasteiger partial charge in [0.1, 0.15) is 0 Å². The molecule has 0 bridgehead atoms. The van der Waals surface area contributed by atoms with E-state index in [-0.39, 0.29) is 0 Å². The second kappa shape index (κ2) is 9.32. The van der Waals surface area contributed by atoms with Gasteiger partial charge in [-0.25, -0.2) is 9.36 Å². The molecular formula is C31H26N6. The van der Waals surface area contributed by atoms with Crippen LogP contribution in [0.25, 0.3) is 34.2 Å². The summed E-state index contributed by atoms with van der Waals surface area (Å²) in [4.78, 5) is 10.2. The Balaban J connectivity index is 1.37. The smallest absolute Gasteiger partial charge is 0.0925 e. The van der Waals surface area contributed by atoms with E-state index in [0.29, 0.717) is 0 Å². The molecule has 0 N–H and O–H groups in total. The Bertz CT molecular complexity index is 1520. The molecule has 0 saturated heterocycles. The maximum Gasteiger partial charge on any atom is 0.0925 e. The molecule has 0 aliphatic carbocycles. The minimum absolute atomic E-state index is 0.429. The molecule has 6 aromatic rings. The first-order chi connectivity index (χ1) is 18.1. The van der Waals surface area contributed by atoms with Crippen LogP contribution in [0.15, 0.2) is 122 Å². The molecule has 0 radical (unpaired) electrons. The number of aromatic nitrogens is 6. The van der Waals surface area contributed by atoms with Crippen LogP contribution in [0.5, 0.6) is 0 Å². The number of para-hydroxylation sites is 2. The molecule has 0 saturated carbocycles. The Morgan fingerprint density at radius 3 is 1.35 bits per heavy atom. The number of rotatable bonds is 6. The predicted octanol–water partition coefficient (Wildman–Crippen LogP) is 6.51. The zero-order chi connectivity index (χ0) is 25.2. The first kappa shape index (κ1) is 22.6. The van der Waals surface area contributed by atoms with E-state index in [9.17, 15) is 0 Å². The van der Waals surface area contributed by atoms with Gasteiger partial charge in [-0.1, -0.05) is 48.5 Å². The second-order valence-corrected chi connectivity index (χ2v) is 9.37. The van der Waals surface area contributed by atoms with Crippen molar-refractivity contribution in [1.29, 1.82) is 0 Å². The van der Waals surface area contributed by atoms with Crippen molar-refractivity contribution in [3.05, 3.63) is 133 Å². The number of pyridine rings is 2. The van der Waals surface area contributed by atoms with Gasteiger partial charge in [-0.3, -0.25) is 9.97 Å². The second-order valence-electron chi connectivity index (χ2n) is 9.37. The van der Waals surface area contributed by atoms with Crippen LogP contribution in [-0.4, -0.2) is 29.5 Å². The summed E-state index contributed by atoms with van der Waals surface area (Å²) in [5, 5.41) is 9.08. The van der Waals surface area contributed by atoms with Crippen LogP contribution in [-0.2, 0) is 5.41 Å². The zero-order valence-electron chi connectivity index (χ0n) is 20.7. The first-order valence-electron chi connectivity index (χ1n) is 12.3. The maximum atomic E-state index is 5.09. The lowest BCUT2D eigenvalue weighted by molar-refractivity contribution is 0.596. The zero-order valence-corrected chi connectivity index (χ0v) is 20.7. The normalized spacial score (nSPS) is 11.5. The lowest BCUT2D eigenvalue weighted by Crippen LogP contribution is -2.22. The van der Waals surface area contributed by atoms with Crippen molar-refractivity contribution in [3.8, 4) is 34.2 Å². The molecule has 0 aliphatic heterocycles. The Morgan fingerprint density at radius 2 is 0.919 bits per heavy atom. The Labute approximate surface area is 215 Å². The van der Waals surface area contributed by atoms with Crippen LogP contribution >= 0.6 is 0 Å². The van der Waals surface area contributed by atoms with Crippen molar-refractivity contribution in [3.63, 3.8) is 0 Å². The third-order valence-electron chi connectivity index (χ3n) is 6.59. The highest BCUT2D eigenvalue weighted by Crippen LogP contribution is 2.32. The Kier molecular flexibility index (Phi) is 5.69. The molecule has 180 valence electrons. The first-order valence-corrected chi connectivity index (χ1v) is 12.3. The fraction of sp³-hybridized carbons (Fsp3) is 0.0968. The number of hydrogen-bond acceptors (Lipinski definition) is 4. The lowest BCUT2D eigenvalue weighted by Gasteiger charge is -2.25. The molecule has 6 heteroatoms. The van der Waals surface area contributed by atoms with Gasteiger partial charge in [0.25, 0.3) is 0 Å². The summed E-state index contributed by atoms with van der Waals surface area (Å²) in [5.41, 5.74) is 7.06. The van der Waals surface area contributed by atoms with Crippen molar-refractivity contribution >= 4 is 0 Å². The van der Waals surface area contributed by atoms with Gasteiger partial charge in [0.2, 0.25) is 0 Å². The van der Waals surface area contributed by atoms with Gasteiger partial charge in [-0.2, -0.15) is 10.2 Å². The minimum atomic E-state index is -0.429. The molecule has 4 aromatic heterocycles. The molecule has 0 atom stereocenters. The minimum Gasteiger partial charge on any atom is -0.250 e. The van der Waals surface area contributed by atoms with E-state index in [4.69, 9.17) is 9.97 Å². The quantitative estimate of drug-likeness (QED) is 0.272. The summed E-state index contributed by atoms with van der Waals surface area (Å²) in [6, 6.07) is 36.5. The topological polar surface area (TPSA) is 61.4 Å². The molecule has 6 nitrogen and oxygen atoms in total. The van der Waals surface area contributed by atoms with E-state index in [0.717, 1.165) is 45.5 Å². The van der Waals surface area contributed by atoms with Gasteiger partial charge in [-0.15, -0.1) is 0 Å². The standard InChI is InChI=1S/C31H26N6/c1-31(2,29-17-9-15-25(34-29)27-19-21-32-36(27)23-11-5-3-6-12-23)30-18-10-16-26(35-30)28-20-22-33-37(28)24-13-7-4-8-14-24/h3-22H,1-2H3. The van der Waals surface area contributed by atoms with E-state index in [1.54, 1.807) is 0 Å². The van der Waals surface area contributed by atoms with Crippen molar-refractivity contribution in [1.82, 2.24) is 29.5 Å². The van der Waals surface area contributed by atoms with E-state index in [1.165, 1.54) is 0 Å². The highest BCUT2D eigenvalue weighted by Gasteiger charge is 2.28. The Hall–Kier alpha value is -4.84. The summed E-state index contributed by atoms with van der Waals surface area (Å²) in [7, 11) is 0. The molecule has 6 rings (SSSR count). The molecule has 0 spiro atoms. The fourth-order valence-corrected chi connectivity index (χ4v) is 4.53. The molecule has 0 unspecified atom stereocenters. The Morgan fingerprint density at radius 1 is 0.486 bits per heavy atom. The van der Waals surface area contributed by atoms with Gasteiger partial charge in [0, 0.05) is 5.41 Å². The monoisotopic (exact) mass is 482 g/mol. The van der Waals surface area contributed by atoms with Crippen molar-refractivity contribution in [2.75, 3.05) is 0 Å². The largest absolute Gasteiger partial charge is 0.250 e. The van der Waals surface area contributed by atoms with Gasteiger partial charge in [0.05, 0.1) is 57.9 Å². The average molecular weight is 483 g/mol. The highest BCUT2D eigenvalue weighted by atomic mass is 15.3. The summed E-state index contributed by atoms with van der Waals surface area (Å²) in [5.74, 6) is 0. The van der Waals surface area contributed by atoms with Gasteiger partial charge in [-0.05, 0) is 74.5 Å². The van der Waals surface area contributed by atoms with Gasteiger partial charge >= 0.3 is 0 Å². The summed E-state index contributed by atoms with van der Waals surface area (Å²) in [6.07, 6.45) is 3.62. The molecule has 0 aliphatic rings. The van der Waals surface area contributed by atoms with Crippen LogP contribution in [0.2, 0.25) is 0 Å². The maximum absolute atomic E-state index is 5.09. The van der Waals surface area contributed by atoms with Crippen molar-refractivity contribution in [2.45, 2.75) is 19.3 Å². The lowest BCUT2D eigenvalue weighted by atomic mass is 9.84. The molecule has 2 aromatic carbocycles. The number of nitrogens with zero attached hydrogens (tertiary/aromatic N) is 6. The van der Waals surface area contributed by atoms with E-state index in [1.807, 2.05) is 107 Å². The molecule has 37 heavy (non-hydrogen) atoms. The van der Waals surface area contributed by atoms with Crippen LogP contribution in [0.1, 0.15) is 25.2 Å². The average Bonchev–Trinajstić information content (AvgIpc) is 3.65. The molecule has 0 amide bonds. The van der Waals surface area contributed by atoms with Crippen LogP contribution < -0.4 is 0 Å². The predicted molar refractivity (Wildman–Crippen MR) is 146 cm³/mol. The molecular weight excluding hydrogens is 456 g/mol. The van der Waals surface area contributed by atoms with Crippen LogP contribution in [0.3, 0.4) is 0 Å². The van der Waals surface area contributed by atoms with Gasteiger partial charge < -0.3 is 0 Å². The summed E-state index contributed by atoms with van der Waals surface area (Å²) < 4.78 is 3.84. The van der Waals surface area contributed by atoms with Crippen LogP contribution in [0, 0.1) is 0 Å². The fourth-order valence-electron chi connectivity index (χ4n) is 4.53. The van der Waals surface area contributed by atoms with Crippen molar-refractivity contribution < 1.29 is 0 Å². The van der Waals surface area contributed by atoms with Gasteiger partial charge in [0.15, 0.2) is 0 Å². The van der Waals surface area contributed by atoms with E-state index in [2.05, 4.69) is 48.3 Å². The van der Waals surface area contributed by atoms with Crippen LogP contribution in [0.4, 0.5) is 0 Å². The number of hydrogen-bond donors (Lipinski definition) is 0.